The van der Waals surface area contributed by atoms with Gasteiger partial charge in [-0.15, -0.1) is 0 Å². The molecular weight excluding hydrogens is 192 g/mol. The predicted octanol–water partition coefficient (Wildman–Crippen LogP) is 5.95. The molecule has 1 rings (SSSR count). The summed E-state index contributed by atoms with van der Waals surface area (Å²) in [5.74, 6) is 0.980. The van der Waals surface area contributed by atoms with Crippen LogP contribution < -0.4 is 0 Å². The molecule has 0 aliphatic heterocycles. The standard InChI is InChI=1S/C16H32/c1-15-11-7-4-5-9-13-16(2,3)14-10-6-8-12-15/h15H,4-14H2,1-3H3. The first-order valence-electron chi connectivity index (χ1n) is 7.60. The Balaban J connectivity index is 2.31. The van der Waals surface area contributed by atoms with Crippen LogP contribution in [0, 0.1) is 11.3 Å². The molecule has 96 valence electrons. The second-order valence-electron chi connectivity index (χ2n) is 6.82. The Morgan fingerprint density at radius 1 is 0.688 bits per heavy atom. The van der Waals surface area contributed by atoms with E-state index in [0.29, 0.717) is 5.41 Å². The third kappa shape index (κ3) is 6.55. The zero-order chi connectivity index (χ0) is 11.9. The van der Waals surface area contributed by atoms with E-state index in [1.54, 1.807) is 0 Å². The lowest BCUT2D eigenvalue weighted by molar-refractivity contribution is 0.283. The maximum atomic E-state index is 2.47. The van der Waals surface area contributed by atoms with Crippen molar-refractivity contribution in [3.05, 3.63) is 0 Å². The van der Waals surface area contributed by atoms with Crippen LogP contribution >= 0.6 is 0 Å². The first-order chi connectivity index (χ1) is 7.60. The first kappa shape index (κ1) is 14.1. The second kappa shape index (κ2) is 7.35. The van der Waals surface area contributed by atoms with Gasteiger partial charge in [-0.05, 0) is 24.2 Å². The van der Waals surface area contributed by atoms with E-state index in [2.05, 4.69) is 20.8 Å². The lowest BCUT2D eigenvalue weighted by Crippen LogP contribution is -2.10. The number of rotatable bonds is 0. The summed E-state index contributed by atoms with van der Waals surface area (Å²) in [4.78, 5) is 0. The van der Waals surface area contributed by atoms with E-state index in [1.165, 1.54) is 70.6 Å². The lowest BCUT2D eigenvalue weighted by atomic mass is 9.82. The van der Waals surface area contributed by atoms with E-state index in [9.17, 15) is 0 Å². The number of hydrogen-bond donors (Lipinski definition) is 0. The summed E-state index contributed by atoms with van der Waals surface area (Å²) in [6, 6.07) is 0. The third-order valence-corrected chi connectivity index (χ3v) is 4.35. The van der Waals surface area contributed by atoms with Crippen LogP contribution in [-0.2, 0) is 0 Å². The Labute approximate surface area is 103 Å². The SMILES string of the molecule is CC1CCCCCCC(C)(C)CCCCC1. The molecule has 1 aliphatic carbocycles. The molecule has 1 atom stereocenters. The van der Waals surface area contributed by atoms with Crippen LogP contribution in [0.25, 0.3) is 0 Å². The van der Waals surface area contributed by atoms with Gasteiger partial charge < -0.3 is 0 Å². The highest BCUT2D eigenvalue weighted by Gasteiger charge is 2.17. The summed E-state index contributed by atoms with van der Waals surface area (Å²) in [6.45, 7) is 7.38. The fourth-order valence-electron chi connectivity index (χ4n) is 2.99. The van der Waals surface area contributed by atoms with Crippen molar-refractivity contribution < 1.29 is 0 Å². The van der Waals surface area contributed by atoms with Crippen molar-refractivity contribution in [2.24, 2.45) is 11.3 Å². The highest BCUT2D eigenvalue weighted by Crippen LogP contribution is 2.31. The van der Waals surface area contributed by atoms with Gasteiger partial charge in [-0.25, -0.2) is 0 Å². The summed E-state index contributed by atoms with van der Waals surface area (Å²) >= 11 is 0. The molecule has 1 fully saturated rings. The zero-order valence-electron chi connectivity index (χ0n) is 11.9. The van der Waals surface area contributed by atoms with Crippen LogP contribution in [0.15, 0.2) is 0 Å². The van der Waals surface area contributed by atoms with Crippen molar-refractivity contribution in [1.82, 2.24) is 0 Å². The molecule has 0 spiro atoms. The fourth-order valence-corrected chi connectivity index (χ4v) is 2.99. The Hall–Kier alpha value is 0. The highest BCUT2D eigenvalue weighted by molar-refractivity contribution is 4.69. The van der Waals surface area contributed by atoms with Gasteiger partial charge in [0.1, 0.15) is 0 Å². The Kier molecular flexibility index (Phi) is 6.46. The van der Waals surface area contributed by atoms with Crippen molar-refractivity contribution in [3.63, 3.8) is 0 Å². The minimum Gasteiger partial charge on any atom is -0.0625 e. The van der Waals surface area contributed by atoms with Gasteiger partial charge in [0.05, 0.1) is 0 Å². The van der Waals surface area contributed by atoms with Crippen LogP contribution in [0.2, 0.25) is 0 Å². The molecule has 0 bridgehead atoms. The third-order valence-electron chi connectivity index (χ3n) is 4.35. The van der Waals surface area contributed by atoms with Gasteiger partial charge in [0.2, 0.25) is 0 Å². The van der Waals surface area contributed by atoms with E-state index in [1.807, 2.05) is 0 Å². The smallest absolute Gasteiger partial charge is 0.0354 e. The molecule has 16 heavy (non-hydrogen) atoms. The van der Waals surface area contributed by atoms with Crippen molar-refractivity contribution in [2.45, 2.75) is 91.4 Å². The minimum atomic E-state index is 0.611. The van der Waals surface area contributed by atoms with Crippen molar-refractivity contribution in [2.75, 3.05) is 0 Å². The number of hydrogen-bond acceptors (Lipinski definition) is 0. The summed E-state index contributed by atoms with van der Waals surface area (Å²) in [5, 5.41) is 0. The molecule has 0 heterocycles. The monoisotopic (exact) mass is 224 g/mol. The Morgan fingerprint density at radius 3 is 1.69 bits per heavy atom. The van der Waals surface area contributed by atoms with Crippen LogP contribution in [0.5, 0.6) is 0 Å². The van der Waals surface area contributed by atoms with Gasteiger partial charge in [-0.3, -0.25) is 0 Å². The van der Waals surface area contributed by atoms with Crippen molar-refractivity contribution in [1.29, 1.82) is 0 Å². The highest BCUT2D eigenvalue weighted by atomic mass is 14.2. The van der Waals surface area contributed by atoms with Crippen LogP contribution in [-0.4, -0.2) is 0 Å². The maximum absolute atomic E-state index is 2.47. The zero-order valence-corrected chi connectivity index (χ0v) is 11.9. The van der Waals surface area contributed by atoms with E-state index >= 15 is 0 Å². The van der Waals surface area contributed by atoms with E-state index < -0.39 is 0 Å². The molecule has 0 nitrogen and oxygen atoms in total. The first-order valence-corrected chi connectivity index (χ1v) is 7.60. The molecule has 0 saturated heterocycles. The average Bonchev–Trinajstić information content (AvgIpc) is 2.22. The lowest BCUT2D eigenvalue weighted by Gasteiger charge is -2.24. The average molecular weight is 224 g/mol. The van der Waals surface area contributed by atoms with E-state index in [4.69, 9.17) is 0 Å². The van der Waals surface area contributed by atoms with Crippen LogP contribution in [0.3, 0.4) is 0 Å². The van der Waals surface area contributed by atoms with E-state index in [0.717, 1.165) is 5.92 Å². The van der Waals surface area contributed by atoms with Gasteiger partial charge in [-0.2, -0.15) is 0 Å². The summed E-state index contributed by atoms with van der Waals surface area (Å²) in [5.41, 5.74) is 0.611. The van der Waals surface area contributed by atoms with Gasteiger partial charge >= 0.3 is 0 Å². The molecular formula is C16H32. The van der Waals surface area contributed by atoms with Crippen molar-refractivity contribution >= 4 is 0 Å². The summed E-state index contributed by atoms with van der Waals surface area (Å²) in [6.07, 6.45) is 16.1. The molecule has 1 aliphatic rings. The molecule has 0 amide bonds. The Bertz CT molecular complexity index is 169. The molecule has 0 radical (unpaired) electrons. The van der Waals surface area contributed by atoms with Gasteiger partial charge in [0, 0.05) is 0 Å². The van der Waals surface area contributed by atoms with E-state index in [-0.39, 0.29) is 0 Å². The van der Waals surface area contributed by atoms with Gasteiger partial charge in [0.25, 0.3) is 0 Å². The minimum absolute atomic E-state index is 0.611. The molecule has 0 aromatic carbocycles. The largest absolute Gasteiger partial charge is 0.0625 e. The van der Waals surface area contributed by atoms with Gasteiger partial charge in [0.15, 0.2) is 0 Å². The Morgan fingerprint density at radius 2 is 1.12 bits per heavy atom. The van der Waals surface area contributed by atoms with Crippen molar-refractivity contribution in [3.8, 4) is 0 Å². The van der Waals surface area contributed by atoms with Gasteiger partial charge in [-0.1, -0.05) is 78.6 Å². The molecule has 0 aromatic heterocycles. The predicted molar refractivity (Wildman–Crippen MR) is 73.7 cm³/mol. The normalized spacial score (nSPS) is 29.8. The maximum Gasteiger partial charge on any atom is -0.0354 e. The summed E-state index contributed by atoms with van der Waals surface area (Å²) < 4.78 is 0. The van der Waals surface area contributed by atoms with Crippen LogP contribution in [0.4, 0.5) is 0 Å². The molecule has 1 saturated carbocycles. The molecule has 1 unspecified atom stereocenters. The molecule has 0 heteroatoms. The fraction of sp³-hybridized carbons (Fsp3) is 1.00. The molecule has 0 N–H and O–H groups in total. The summed E-state index contributed by atoms with van der Waals surface area (Å²) in [7, 11) is 0. The topological polar surface area (TPSA) is 0 Å². The van der Waals surface area contributed by atoms with Crippen LogP contribution in [0.1, 0.15) is 91.4 Å². The second-order valence-corrected chi connectivity index (χ2v) is 6.82. The quantitative estimate of drug-likeness (QED) is 0.476. The molecule has 0 aromatic rings.